The summed E-state index contributed by atoms with van der Waals surface area (Å²) < 4.78 is 16.8. The fourth-order valence-corrected chi connectivity index (χ4v) is 8.36. The van der Waals surface area contributed by atoms with Crippen molar-refractivity contribution in [3.8, 4) is 0 Å². The minimum Gasteiger partial charge on any atom is -0.462 e. The first-order chi connectivity index (χ1) is 29.9. The van der Waals surface area contributed by atoms with Crippen molar-refractivity contribution in [2.45, 2.75) is 316 Å². The summed E-state index contributed by atoms with van der Waals surface area (Å²) in [6, 6.07) is 0. The standard InChI is InChI=1S/C55H106O6/c1-5-8-10-12-14-16-26-31-34-38-42-46-53(56)59-49-52(61-55(58)48-44-40-36-30-17-15-13-11-9-6-2)50-60-54(57)47-43-39-35-32-28-25-23-21-19-18-20-22-24-27-29-33-37-41-45-51(4)7-3/h51-52H,5-50H2,1-4H3/t51?,52-/m0/s1. The van der Waals surface area contributed by atoms with E-state index in [2.05, 4.69) is 27.7 Å². The van der Waals surface area contributed by atoms with Gasteiger partial charge in [-0.3, -0.25) is 14.4 Å². The molecule has 0 aliphatic carbocycles. The molecule has 0 aromatic rings. The Labute approximate surface area is 380 Å². The lowest BCUT2D eigenvalue weighted by Crippen LogP contribution is -2.30. The van der Waals surface area contributed by atoms with Gasteiger partial charge in [0.05, 0.1) is 0 Å². The van der Waals surface area contributed by atoms with Gasteiger partial charge in [-0.15, -0.1) is 0 Å². The van der Waals surface area contributed by atoms with Gasteiger partial charge in [-0.25, -0.2) is 0 Å². The van der Waals surface area contributed by atoms with E-state index in [1.165, 1.54) is 205 Å². The van der Waals surface area contributed by atoms with E-state index in [0.29, 0.717) is 19.3 Å². The molecule has 6 nitrogen and oxygen atoms in total. The van der Waals surface area contributed by atoms with Gasteiger partial charge in [0.2, 0.25) is 0 Å². The van der Waals surface area contributed by atoms with Gasteiger partial charge in [-0.1, -0.05) is 272 Å². The SMILES string of the molecule is CCCCCCCCCCCCCC(=O)OC[C@@H](COC(=O)CCCCCCCCCCCCCCCCCCCCC(C)CC)OC(=O)CCCCCCCCCCCC. The third-order valence-corrected chi connectivity index (χ3v) is 12.9. The van der Waals surface area contributed by atoms with E-state index in [0.717, 1.165) is 63.7 Å². The third kappa shape index (κ3) is 47.7. The first-order valence-corrected chi connectivity index (χ1v) is 27.4. The fraction of sp³-hybridized carbons (Fsp3) is 0.945. The molecular formula is C55H106O6. The highest BCUT2D eigenvalue weighted by Gasteiger charge is 2.19. The maximum Gasteiger partial charge on any atom is 0.306 e. The predicted molar refractivity (Wildman–Crippen MR) is 261 cm³/mol. The Balaban J connectivity index is 4.15. The van der Waals surface area contributed by atoms with Gasteiger partial charge in [0.25, 0.3) is 0 Å². The van der Waals surface area contributed by atoms with Crippen LogP contribution in [0.25, 0.3) is 0 Å². The second-order valence-corrected chi connectivity index (χ2v) is 19.1. The van der Waals surface area contributed by atoms with E-state index < -0.39 is 6.10 Å². The summed E-state index contributed by atoms with van der Waals surface area (Å²) in [5.74, 6) is 0.0664. The Hall–Kier alpha value is -1.59. The largest absolute Gasteiger partial charge is 0.462 e. The number of hydrogen-bond acceptors (Lipinski definition) is 6. The lowest BCUT2D eigenvalue weighted by molar-refractivity contribution is -0.167. The average Bonchev–Trinajstić information content (AvgIpc) is 3.26. The molecule has 0 bridgehead atoms. The predicted octanol–water partition coefficient (Wildman–Crippen LogP) is 17.8. The van der Waals surface area contributed by atoms with Crippen molar-refractivity contribution in [1.29, 1.82) is 0 Å². The highest BCUT2D eigenvalue weighted by atomic mass is 16.6. The third-order valence-electron chi connectivity index (χ3n) is 12.9. The molecule has 362 valence electrons. The lowest BCUT2D eigenvalue weighted by atomic mass is 9.99. The van der Waals surface area contributed by atoms with Crippen LogP contribution in [0, 0.1) is 5.92 Å². The summed E-state index contributed by atoms with van der Waals surface area (Å²) >= 11 is 0. The highest BCUT2D eigenvalue weighted by Crippen LogP contribution is 2.18. The van der Waals surface area contributed by atoms with Crippen molar-refractivity contribution >= 4 is 17.9 Å². The van der Waals surface area contributed by atoms with Gasteiger partial charge in [-0.05, 0) is 25.2 Å². The lowest BCUT2D eigenvalue weighted by Gasteiger charge is -2.18. The highest BCUT2D eigenvalue weighted by molar-refractivity contribution is 5.71. The van der Waals surface area contributed by atoms with Crippen LogP contribution in [0.3, 0.4) is 0 Å². The molecule has 0 amide bonds. The summed E-state index contributed by atoms with van der Waals surface area (Å²) in [7, 11) is 0. The quantitative estimate of drug-likeness (QED) is 0.0344. The van der Waals surface area contributed by atoms with E-state index in [1.807, 2.05) is 0 Å². The van der Waals surface area contributed by atoms with Crippen LogP contribution in [0.2, 0.25) is 0 Å². The van der Waals surface area contributed by atoms with E-state index >= 15 is 0 Å². The zero-order chi connectivity index (χ0) is 44.5. The Kier molecular flexibility index (Phi) is 48.1. The van der Waals surface area contributed by atoms with Crippen LogP contribution in [0.4, 0.5) is 0 Å². The molecule has 0 spiro atoms. The monoisotopic (exact) mass is 863 g/mol. The van der Waals surface area contributed by atoms with Crippen LogP contribution in [-0.2, 0) is 28.6 Å². The second-order valence-electron chi connectivity index (χ2n) is 19.1. The molecule has 0 saturated carbocycles. The first kappa shape index (κ1) is 59.4. The van der Waals surface area contributed by atoms with Gasteiger partial charge in [0.1, 0.15) is 13.2 Å². The average molecular weight is 863 g/mol. The molecule has 0 heterocycles. The van der Waals surface area contributed by atoms with Crippen LogP contribution in [0.5, 0.6) is 0 Å². The van der Waals surface area contributed by atoms with Gasteiger partial charge in [0, 0.05) is 19.3 Å². The van der Waals surface area contributed by atoms with Gasteiger partial charge < -0.3 is 14.2 Å². The molecule has 6 heteroatoms. The topological polar surface area (TPSA) is 78.9 Å². The number of rotatable bonds is 50. The van der Waals surface area contributed by atoms with Gasteiger partial charge >= 0.3 is 17.9 Å². The van der Waals surface area contributed by atoms with E-state index in [4.69, 9.17) is 14.2 Å². The molecule has 0 aromatic heterocycles. The Morgan fingerprint density at radius 2 is 0.574 bits per heavy atom. The van der Waals surface area contributed by atoms with Crippen LogP contribution < -0.4 is 0 Å². The maximum atomic E-state index is 12.7. The molecule has 0 aliphatic heterocycles. The number of carbonyl (C=O) groups excluding carboxylic acids is 3. The minimum atomic E-state index is -0.759. The Bertz CT molecular complexity index is 920. The first-order valence-electron chi connectivity index (χ1n) is 27.4. The summed E-state index contributed by atoms with van der Waals surface area (Å²) in [6.45, 7) is 9.07. The van der Waals surface area contributed by atoms with Crippen LogP contribution in [0.15, 0.2) is 0 Å². The molecule has 0 N–H and O–H groups in total. The smallest absolute Gasteiger partial charge is 0.306 e. The summed E-state index contributed by atoms with van der Waals surface area (Å²) in [5, 5.41) is 0. The van der Waals surface area contributed by atoms with Crippen molar-refractivity contribution in [3.05, 3.63) is 0 Å². The molecule has 1 unspecified atom stereocenters. The van der Waals surface area contributed by atoms with Crippen molar-refractivity contribution < 1.29 is 28.6 Å². The second kappa shape index (κ2) is 49.4. The molecular weight excluding hydrogens is 757 g/mol. The molecule has 61 heavy (non-hydrogen) atoms. The number of ether oxygens (including phenoxy) is 3. The summed E-state index contributed by atoms with van der Waals surface area (Å²) in [4.78, 5) is 37.9. The molecule has 0 radical (unpaired) electrons. The van der Waals surface area contributed by atoms with E-state index in [1.54, 1.807) is 0 Å². The van der Waals surface area contributed by atoms with Crippen molar-refractivity contribution in [1.82, 2.24) is 0 Å². The number of unbranched alkanes of at least 4 members (excludes halogenated alkanes) is 36. The molecule has 0 aliphatic rings. The van der Waals surface area contributed by atoms with Gasteiger partial charge in [-0.2, -0.15) is 0 Å². The number of esters is 3. The Morgan fingerprint density at radius 1 is 0.328 bits per heavy atom. The van der Waals surface area contributed by atoms with E-state index in [-0.39, 0.29) is 31.1 Å². The fourth-order valence-electron chi connectivity index (χ4n) is 8.36. The van der Waals surface area contributed by atoms with Crippen LogP contribution in [-0.4, -0.2) is 37.2 Å². The normalized spacial score (nSPS) is 12.4. The maximum absolute atomic E-state index is 12.7. The molecule has 0 aromatic carbocycles. The van der Waals surface area contributed by atoms with Crippen LogP contribution in [0.1, 0.15) is 310 Å². The number of carbonyl (C=O) groups is 3. The minimum absolute atomic E-state index is 0.0624. The zero-order valence-electron chi connectivity index (χ0n) is 41.6. The van der Waals surface area contributed by atoms with Crippen molar-refractivity contribution in [3.63, 3.8) is 0 Å². The zero-order valence-corrected chi connectivity index (χ0v) is 41.6. The van der Waals surface area contributed by atoms with E-state index in [9.17, 15) is 14.4 Å². The van der Waals surface area contributed by atoms with Gasteiger partial charge in [0.15, 0.2) is 6.10 Å². The molecule has 0 rings (SSSR count). The molecule has 0 fully saturated rings. The van der Waals surface area contributed by atoms with Crippen molar-refractivity contribution in [2.24, 2.45) is 5.92 Å². The van der Waals surface area contributed by atoms with Crippen molar-refractivity contribution in [2.75, 3.05) is 13.2 Å². The summed E-state index contributed by atoms with van der Waals surface area (Å²) in [6.07, 6.45) is 52.3. The van der Waals surface area contributed by atoms with Crippen LogP contribution >= 0.6 is 0 Å². The number of hydrogen-bond donors (Lipinski definition) is 0. The molecule has 0 saturated heterocycles. The summed E-state index contributed by atoms with van der Waals surface area (Å²) in [5.41, 5.74) is 0. The Morgan fingerprint density at radius 3 is 0.852 bits per heavy atom. The molecule has 2 atom stereocenters.